The normalized spacial score (nSPS) is 14.5. The molecule has 0 bridgehead atoms. The lowest BCUT2D eigenvalue weighted by atomic mass is 10.1. The zero-order valence-corrected chi connectivity index (χ0v) is 20.9. The van der Waals surface area contributed by atoms with E-state index in [0.717, 1.165) is 48.8 Å². The Morgan fingerprint density at radius 2 is 1.53 bits per heavy atom. The van der Waals surface area contributed by atoms with Gasteiger partial charge in [-0.3, -0.25) is 9.59 Å². The first-order valence-electron chi connectivity index (χ1n) is 12.2. The highest BCUT2D eigenvalue weighted by Gasteiger charge is 2.22. The molecule has 0 spiro atoms. The van der Waals surface area contributed by atoms with E-state index in [1.165, 1.54) is 0 Å². The average Bonchev–Trinajstić information content (AvgIpc) is 2.89. The highest BCUT2D eigenvalue weighted by atomic mass is 16.2. The number of aromatic nitrogens is 2. The van der Waals surface area contributed by atoms with Crippen LogP contribution < -0.4 is 21.3 Å². The summed E-state index contributed by atoms with van der Waals surface area (Å²) in [6.45, 7) is 8.68. The van der Waals surface area contributed by atoms with Crippen molar-refractivity contribution in [1.29, 1.82) is 0 Å². The zero-order chi connectivity index (χ0) is 25.7. The van der Waals surface area contributed by atoms with Gasteiger partial charge in [-0.05, 0) is 49.4 Å². The van der Waals surface area contributed by atoms with Crippen LogP contribution in [0.1, 0.15) is 20.8 Å². The number of hydrogen-bond donors (Lipinski definition) is 3. The van der Waals surface area contributed by atoms with Crippen LogP contribution in [0.15, 0.2) is 60.8 Å². The van der Waals surface area contributed by atoms with Crippen LogP contribution in [0.5, 0.6) is 0 Å². The van der Waals surface area contributed by atoms with Gasteiger partial charge in [-0.1, -0.05) is 26.0 Å². The van der Waals surface area contributed by atoms with Crippen molar-refractivity contribution in [3.63, 3.8) is 0 Å². The van der Waals surface area contributed by atoms with Gasteiger partial charge in [0.1, 0.15) is 0 Å². The number of piperazine rings is 1. The van der Waals surface area contributed by atoms with Crippen LogP contribution in [0, 0.1) is 5.92 Å². The molecule has 2 aromatic carbocycles. The van der Waals surface area contributed by atoms with E-state index in [-0.39, 0.29) is 17.7 Å². The van der Waals surface area contributed by atoms with Crippen LogP contribution in [0.25, 0.3) is 11.3 Å². The van der Waals surface area contributed by atoms with Gasteiger partial charge in [-0.15, -0.1) is 0 Å². The molecule has 0 aliphatic carbocycles. The lowest BCUT2D eigenvalue weighted by Gasteiger charge is -2.37. The molecule has 0 saturated carbocycles. The molecule has 2 heterocycles. The second-order valence-corrected chi connectivity index (χ2v) is 9.26. The fraction of sp³-hybridized carbons (Fsp3) is 0.333. The fourth-order valence-electron chi connectivity index (χ4n) is 3.99. The van der Waals surface area contributed by atoms with Gasteiger partial charge in [0.15, 0.2) is 0 Å². The summed E-state index contributed by atoms with van der Waals surface area (Å²) in [6, 6.07) is 16.9. The Morgan fingerprint density at radius 1 is 0.889 bits per heavy atom. The van der Waals surface area contributed by atoms with Gasteiger partial charge in [-0.2, -0.15) is 0 Å². The number of nitrogens with two attached hydrogens (primary N) is 1. The highest BCUT2D eigenvalue weighted by Crippen LogP contribution is 2.24. The Morgan fingerprint density at radius 3 is 2.14 bits per heavy atom. The molecule has 4 N–H and O–H groups in total. The molecule has 2 amide bonds. The Hall–Kier alpha value is -3.98. The summed E-state index contributed by atoms with van der Waals surface area (Å²) in [5.74, 6) is 0.525. The second-order valence-electron chi connectivity index (χ2n) is 9.26. The van der Waals surface area contributed by atoms with Crippen molar-refractivity contribution in [2.24, 2.45) is 11.7 Å². The van der Waals surface area contributed by atoms with Crippen LogP contribution in [0.4, 0.5) is 23.0 Å². The number of carbonyl (C=O) groups excluding carboxylic acids is 2. The van der Waals surface area contributed by atoms with Crippen molar-refractivity contribution in [2.45, 2.75) is 26.8 Å². The SMILES string of the molecule is CC(C)C(=O)N1CCN(c2ccc(Nc3nccc(-c4ccc(NC(=O)C(C)N)cc4)n3)cc2)CC1. The molecule has 1 atom stereocenters. The first-order valence-corrected chi connectivity index (χ1v) is 12.2. The third kappa shape index (κ3) is 6.17. The van der Waals surface area contributed by atoms with Crippen molar-refractivity contribution in [3.05, 3.63) is 60.8 Å². The monoisotopic (exact) mass is 487 g/mol. The van der Waals surface area contributed by atoms with E-state index in [1.54, 1.807) is 13.1 Å². The summed E-state index contributed by atoms with van der Waals surface area (Å²) in [5, 5.41) is 6.04. The van der Waals surface area contributed by atoms with Crippen molar-refractivity contribution < 1.29 is 9.59 Å². The van der Waals surface area contributed by atoms with Crippen LogP contribution in [0.2, 0.25) is 0 Å². The topological polar surface area (TPSA) is 116 Å². The van der Waals surface area contributed by atoms with Gasteiger partial charge < -0.3 is 26.2 Å². The van der Waals surface area contributed by atoms with Crippen LogP contribution in [0.3, 0.4) is 0 Å². The molecule has 9 heteroatoms. The molecule has 36 heavy (non-hydrogen) atoms. The second kappa shape index (κ2) is 11.2. The Kier molecular flexibility index (Phi) is 7.80. The van der Waals surface area contributed by atoms with Crippen molar-refractivity contribution >= 4 is 34.8 Å². The average molecular weight is 488 g/mol. The molecule has 188 valence electrons. The van der Waals surface area contributed by atoms with E-state index in [9.17, 15) is 9.59 Å². The largest absolute Gasteiger partial charge is 0.368 e. The van der Waals surface area contributed by atoms with Gasteiger partial charge in [-0.25, -0.2) is 9.97 Å². The molecular formula is C27H33N7O2. The number of anilines is 4. The van der Waals surface area contributed by atoms with Gasteiger partial charge in [0.2, 0.25) is 17.8 Å². The maximum atomic E-state index is 12.2. The zero-order valence-electron chi connectivity index (χ0n) is 20.9. The van der Waals surface area contributed by atoms with E-state index < -0.39 is 6.04 Å². The Bertz CT molecular complexity index is 1190. The number of nitrogens with one attached hydrogen (secondary N) is 2. The van der Waals surface area contributed by atoms with E-state index in [0.29, 0.717) is 11.6 Å². The minimum absolute atomic E-state index is 0.0370. The minimum Gasteiger partial charge on any atom is -0.368 e. The maximum Gasteiger partial charge on any atom is 0.240 e. The molecule has 1 aliphatic heterocycles. The molecule has 3 aromatic rings. The molecule has 9 nitrogen and oxygen atoms in total. The number of benzene rings is 2. The van der Waals surface area contributed by atoms with E-state index in [2.05, 4.69) is 37.6 Å². The van der Waals surface area contributed by atoms with Crippen LogP contribution >= 0.6 is 0 Å². The molecule has 0 radical (unpaired) electrons. The van der Waals surface area contributed by atoms with Crippen LogP contribution in [-0.2, 0) is 9.59 Å². The lowest BCUT2D eigenvalue weighted by Crippen LogP contribution is -2.49. The number of hydrogen-bond acceptors (Lipinski definition) is 7. The number of amides is 2. The fourth-order valence-corrected chi connectivity index (χ4v) is 3.99. The van der Waals surface area contributed by atoms with Gasteiger partial charge in [0.25, 0.3) is 0 Å². The van der Waals surface area contributed by atoms with Crippen molar-refractivity contribution in [1.82, 2.24) is 14.9 Å². The van der Waals surface area contributed by atoms with E-state index in [1.807, 2.05) is 61.2 Å². The molecule has 1 fully saturated rings. The standard InChI is InChI=1S/C27H33N7O2/c1-18(2)26(36)34-16-14-33(15-17-34)23-10-8-22(9-11-23)31-27-29-13-12-24(32-27)20-4-6-21(7-5-20)30-25(35)19(3)28/h4-13,18-19H,14-17,28H2,1-3H3,(H,30,35)(H,29,31,32). The quantitative estimate of drug-likeness (QED) is 0.467. The maximum absolute atomic E-state index is 12.2. The van der Waals surface area contributed by atoms with E-state index in [4.69, 9.17) is 5.73 Å². The first-order chi connectivity index (χ1) is 17.3. The molecule has 4 rings (SSSR count). The molecule has 1 unspecified atom stereocenters. The lowest BCUT2D eigenvalue weighted by molar-refractivity contribution is -0.134. The predicted molar refractivity (Wildman–Crippen MR) is 143 cm³/mol. The van der Waals surface area contributed by atoms with Crippen LogP contribution in [-0.4, -0.2) is 58.9 Å². The molecule has 1 aromatic heterocycles. The Labute approximate surface area is 211 Å². The first kappa shape index (κ1) is 25.1. The number of rotatable bonds is 7. The third-order valence-corrected chi connectivity index (χ3v) is 6.09. The van der Waals surface area contributed by atoms with Gasteiger partial charge in [0.05, 0.1) is 11.7 Å². The molecule has 1 aliphatic rings. The minimum atomic E-state index is -0.570. The van der Waals surface area contributed by atoms with Crippen molar-refractivity contribution in [2.75, 3.05) is 41.7 Å². The van der Waals surface area contributed by atoms with Gasteiger partial charge >= 0.3 is 0 Å². The summed E-state index contributed by atoms with van der Waals surface area (Å²) in [4.78, 5) is 37.2. The van der Waals surface area contributed by atoms with Gasteiger partial charge in [0, 0.05) is 60.9 Å². The number of nitrogens with zero attached hydrogens (tertiary/aromatic N) is 4. The smallest absolute Gasteiger partial charge is 0.240 e. The third-order valence-electron chi connectivity index (χ3n) is 6.09. The summed E-state index contributed by atoms with van der Waals surface area (Å²) in [7, 11) is 0. The van der Waals surface area contributed by atoms with E-state index >= 15 is 0 Å². The number of carbonyl (C=O) groups is 2. The molecule has 1 saturated heterocycles. The molecular weight excluding hydrogens is 454 g/mol. The highest BCUT2D eigenvalue weighted by molar-refractivity contribution is 5.94. The van der Waals surface area contributed by atoms with Crippen molar-refractivity contribution in [3.8, 4) is 11.3 Å². The predicted octanol–water partition coefficient (Wildman–Crippen LogP) is 3.48. The Balaban J connectivity index is 1.36. The summed E-state index contributed by atoms with van der Waals surface area (Å²) in [6.07, 6.45) is 1.71. The summed E-state index contributed by atoms with van der Waals surface area (Å²) in [5.41, 5.74) is 9.97. The summed E-state index contributed by atoms with van der Waals surface area (Å²) < 4.78 is 0. The summed E-state index contributed by atoms with van der Waals surface area (Å²) >= 11 is 0.